The first-order valence-electron chi connectivity index (χ1n) is 5.90. The molecule has 5 heteroatoms. The van der Waals surface area contributed by atoms with Gasteiger partial charge in [-0.3, -0.25) is 4.79 Å². The van der Waals surface area contributed by atoms with Crippen molar-refractivity contribution in [2.75, 3.05) is 0 Å². The lowest BCUT2D eigenvalue weighted by Crippen LogP contribution is -2.58. The monoisotopic (exact) mass is 259 g/mol. The summed E-state index contributed by atoms with van der Waals surface area (Å²) in [5, 5.41) is 19.7. The fourth-order valence-corrected chi connectivity index (χ4v) is 3.68. The third kappa shape index (κ3) is 1.66. The Morgan fingerprint density at radius 1 is 1.47 bits per heavy atom. The Morgan fingerprint density at radius 3 is 2.65 bits per heavy atom. The highest BCUT2D eigenvalue weighted by molar-refractivity contribution is 6.23. The van der Waals surface area contributed by atoms with Gasteiger partial charge >= 0.3 is 0 Å². The second-order valence-electron chi connectivity index (χ2n) is 5.46. The Bertz CT molecular complexity index is 395. The van der Waals surface area contributed by atoms with Gasteiger partial charge in [0, 0.05) is 5.41 Å². The summed E-state index contributed by atoms with van der Waals surface area (Å²) in [5.74, 6) is -0.900. The molecule has 0 saturated heterocycles. The lowest BCUT2D eigenvalue weighted by molar-refractivity contribution is -0.125. The summed E-state index contributed by atoms with van der Waals surface area (Å²) in [7, 11) is 0. The minimum Gasteiger partial charge on any atom is -0.510 e. The molecule has 2 aliphatic rings. The minimum absolute atomic E-state index is 0.166. The van der Waals surface area contributed by atoms with Gasteiger partial charge in [0.1, 0.15) is 11.1 Å². The maximum absolute atomic E-state index is 11.3. The fourth-order valence-electron chi connectivity index (χ4n) is 3.18. The van der Waals surface area contributed by atoms with E-state index in [0.717, 1.165) is 19.3 Å². The summed E-state index contributed by atoms with van der Waals surface area (Å²) in [4.78, 5) is 11.3. The molecule has 0 heterocycles. The van der Waals surface area contributed by atoms with E-state index >= 15 is 0 Å². The average molecular weight is 260 g/mol. The van der Waals surface area contributed by atoms with Crippen LogP contribution in [0.15, 0.2) is 11.3 Å². The first kappa shape index (κ1) is 12.7. The predicted octanol–water partition coefficient (Wildman–Crippen LogP) is 1.61. The maximum Gasteiger partial charge on any atom is 0.248 e. The molecule has 0 radical (unpaired) electrons. The highest BCUT2D eigenvalue weighted by atomic mass is 35.5. The Kier molecular flexibility index (Phi) is 2.91. The minimum atomic E-state index is -1.14. The fraction of sp³-hybridized carbons (Fsp3) is 0.750. The number of halogens is 1. The van der Waals surface area contributed by atoms with E-state index < -0.39 is 22.3 Å². The number of amides is 1. The molecular formula is C12H18ClNO3. The van der Waals surface area contributed by atoms with Crippen molar-refractivity contribution < 1.29 is 15.0 Å². The van der Waals surface area contributed by atoms with Crippen LogP contribution in [0.1, 0.15) is 39.0 Å². The van der Waals surface area contributed by atoms with E-state index in [1.807, 2.05) is 6.92 Å². The van der Waals surface area contributed by atoms with Gasteiger partial charge in [-0.05, 0) is 19.3 Å². The zero-order chi connectivity index (χ0) is 12.8. The van der Waals surface area contributed by atoms with Crippen LogP contribution < -0.4 is 5.73 Å². The lowest BCUT2D eigenvalue weighted by Gasteiger charge is -2.53. The van der Waals surface area contributed by atoms with Gasteiger partial charge in [-0.2, -0.15) is 0 Å². The average Bonchev–Trinajstić information content (AvgIpc) is 2.27. The Hall–Kier alpha value is -0.740. The molecule has 0 aromatic rings. The van der Waals surface area contributed by atoms with Crippen LogP contribution in [0.2, 0.25) is 0 Å². The molecule has 0 aromatic carbocycles. The second kappa shape index (κ2) is 3.89. The van der Waals surface area contributed by atoms with Gasteiger partial charge in [-0.15, -0.1) is 11.6 Å². The van der Waals surface area contributed by atoms with Crippen molar-refractivity contribution in [3.63, 3.8) is 0 Å². The van der Waals surface area contributed by atoms with Crippen LogP contribution in [0.4, 0.5) is 0 Å². The number of aliphatic hydroxyl groups is 2. The van der Waals surface area contributed by atoms with Crippen LogP contribution in [0.25, 0.3) is 0 Å². The number of alkyl halides is 1. The summed E-state index contributed by atoms with van der Waals surface area (Å²) in [5.41, 5.74) is 3.79. The molecule has 2 rings (SSSR count). The molecule has 17 heavy (non-hydrogen) atoms. The summed E-state index contributed by atoms with van der Waals surface area (Å²) >= 11 is 6.14. The molecule has 96 valence electrons. The third-order valence-corrected chi connectivity index (χ3v) is 4.98. The summed E-state index contributed by atoms with van der Waals surface area (Å²) < 4.78 is 0. The molecule has 1 saturated carbocycles. The molecular weight excluding hydrogens is 242 g/mol. The lowest BCUT2D eigenvalue weighted by atomic mass is 9.57. The zero-order valence-corrected chi connectivity index (χ0v) is 10.6. The quantitative estimate of drug-likeness (QED) is 0.626. The third-order valence-electron chi connectivity index (χ3n) is 4.41. The molecule has 0 unspecified atom stereocenters. The van der Waals surface area contributed by atoms with Gasteiger partial charge in [0.25, 0.3) is 0 Å². The van der Waals surface area contributed by atoms with Gasteiger partial charge in [0.2, 0.25) is 5.91 Å². The van der Waals surface area contributed by atoms with Crippen LogP contribution in [0, 0.1) is 5.41 Å². The molecule has 0 aliphatic heterocycles. The Balaban J connectivity index is 2.49. The van der Waals surface area contributed by atoms with E-state index in [1.165, 1.54) is 0 Å². The molecule has 1 amide bonds. The molecule has 4 nitrogen and oxygen atoms in total. The first-order chi connectivity index (χ1) is 7.82. The van der Waals surface area contributed by atoms with E-state index in [-0.39, 0.29) is 11.3 Å². The predicted molar refractivity (Wildman–Crippen MR) is 64.6 cm³/mol. The normalized spacial score (nSPS) is 42.2. The van der Waals surface area contributed by atoms with Crippen molar-refractivity contribution in [2.24, 2.45) is 11.1 Å². The topological polar surface area (TPSA) is 83.6 Å². The number of primary amides is 1. The van der Waals surface area contributed by atoms with Gasteiger partial charge in [-0.25, -0.2) is 0 Å². The molecule has 0 spiro atoms. The second-order valence-corrected chi connectivity index (χ2v) is 5.90. The van der Waals surface area contributed by atoms with Crippen molar-refractivity contribution in [3.05, 3.63) is 11.3 Å². The standard InChI is InChI=1S/C12H18ClNO3/c1-11-4-2-3-5-12(11,17)9(13)8(15)7(6-11)10(14)16/h9,15,17H,2-6H2,1H3,(H2,14,16)/t9-,11+,12-/m1/s1. The maximum atomic E-state index is 11.3. The van der Waals surface area contributed by atoms with Crippen molar-refractivity contribution in [2.45, 2.75) is 50.0 Å². The van der Waals surface area contributed by atoms with Gasteiger partial charge in [0.05, 0.1) is 11.2 Å². The highest BCUT2D eigenvalue weighted by Gasteiger charge is 2.57. The van der Waals surface area contributed by atoms with E-state index in [0.29, 0.717) is 12.8 Å². The van der Waals surface area contributed by atoms with Crippen molar-refractivity contribution in [1.82, 2.24) is 0 Å². The molecule has 0 aromatic heterocycles. The van der Waals surface area contributed by atoms with Crippen LogP contribution in [-0.2, 0) is 4.79 Å². The summed E-state index contributed by atoms with van der Waals surface area (Å²) in [6.07, 6.45) is 3.52. The van der Waals surface area contributed by atoms with E-state index in [1.54, 1.807) is 0 Å². The number of carbonyl (C=O) groups is 1. The van der Waals surface area contributed by atoms with Crippen molar-refractivity contribution >= 4 is 17.5 Å². The molecule has 3 atom stereocenters. The van der Waals surface area contributed by atoms with E-state index in [9.17, 15) is 15.0 Å². The van der Waals surface area contributed by atoms with Gasteiger partial charge in [0.15, 0.2) is 0 Å². The highest BCUT2D eigenvalue weighted by Crippen LogP contribution is 2.55. The Morgan fingerprint density at radius 2 is 2.06 bits per heavy atom. The van der Waals surface area contributed by atoms with Crippen molar-refractivity contribution in [3.8, 4) is 0 Å². The molecule has 4 N–H and O–H groups in total. The first-order valence-corrected chi connectivity index (χ1v) is 6.34. The van der Waals surface area contributed by atoms with Gasteiger partial charge < -0.3 is 15.9 Å². The number of carbonyl (C=O) groups excluding carboxylic acids is 1. The van der Waals surface area contributed by atoms with Crippen LogP contribution in [-0.4, -0.2) is 27.1 Å². The van der Waals surface area contributed by atoms with Gasteiger partial charge in [-0.1, -0.05) is 19.8 Å². The van der Waals surface area contributed by atoms with Crippen molar-refractivity contribution in [1.29, 1.82) is 0 Å². The molecule has 0 bridgehead atoms. The van der Waals surface area contributed by atoms with Crippen LogP contribution in [0.3, 0.4) is 0 Å². The number of hydrogen-bond donors (Lipinski definition) is 3. The summed E-state index contributed by atoms with van der Waals surface area (Å²) in [6.45, 7) is 1.91. The summed E-state index contributed by atoms with van der Waals surface area (Å²) in [6, 6.07) is 0. The largest absolute Gasteiger partial charge is 0.510 e. The van der Waals surface area contributed by atoms with E-state index in [2.05, 4.69) is 0 Å². The number of aliphatic hydroxyl groups excluding tert-OH is 1. The van der Waals surface area contributed by atoms with Crippen LogP contribution in [0.5, 0.6) is 0 Å². The number of rotatable bonds is 1. The number of nitrogens with two attached hydrogens (primary N) is 1. The number of hydrogen-bond acceptors (Lipinski definition) is 3. The number of fused-ring (bicyclic) bond motifs is 1. The Labute approximate surface area is 105 Å². The smallest absolute Gasteiger partial charge is 0.248 e. The zero-order valence-electron chi connectivity index (χ0n) is 9.87. The van der Waals surface area contributed by atoms with Crippen LogP contribution >= 0.6 is 11.6 Å². The van der Waals surface area contributed by atoms with E-state index in [4.69, 9.17) is 17.3 Å². The molecule has 2 aliphatic carbocycles. The molecule has 1 fully saturated rings. The SMILES string of the molecule is C[C@@]12CCCC[C@@]1(O)[C@H](Cl)C(O)=C(C(N)=O)C2.